The Bertz CT molecular complexity index is 389. The summed E-state index contributed by atoms with van der Waals surface area (Å²) in [7, 11) is 1.37. The Hall–Kier alpha value is -1.79. The highest BCUT2D eigenvalue weighted by atomic mass is 16.5. The normalized spacial score (nSPS) is 11.6. The summed E-state index contributed by atoms with van der Waals surface area (Å²) in [6, 6.07) is 7.48. The zero-order valence-corrected chi connectivity index (χ0v) is 9.27. The highest BCUT2D eigenvalue weighted by molar-refractivity contribution is 5.70. The van der Waals surface area contributed by atoms with E-state index in [-0.39, 0.29) is 11.9 Å². The van der Waals surface area contributed by atoms with Crippen LogP contribution < -0.4 is 5.73 Å². The Labute approximate surface area is 95.6 Å². The van der Waals surface area contributed by atoms with Crippen LogP contribution >= 0.6 is 0 Å². The summed E-state index contributed by atoms with van der Waals surface area (Å²) in [6.45, 7) is 0.407. The summed E-state index contributed by atoms with van der Waals surface area (Å²) in [5, 5.41) is 0. The minimum atomic E-state index is -0.253. The van der Waals surface area contributed by atoms with Crippen LogP contribution in [0, 0.1) is 12.3 Å². The molecular formula is C13H15NO2. The van der Waals surface area contributed by atoms with E-state index >= 15 is 0 Å². The Morgan fingerprint density at radius 3 is 2.56 bits per heavy atom. The fourth-order valence-corrected chi connectivity index (χ4v) is 1.47. The topological polar surface area (TPSA) is 52.3 Å². The molecule has 1 aromatic carbocycles. The number of esters is 1. The molecule has 0 spiro atoms. The molecule has 0 aliphatic rings. The molecule has 0 amide bonds. The number of benzene rings is 1. The number of terminal acetylenes is 1. The van der Waals surface area contributed by atoms with E-state index in [1.54, 1.807) is 0 Å². The molecule has 0 aromatic heterocycles. The smallest absolute Gasteiger partial charge is 0.306 e. The first-order valence-electron chi connectivity index (χ1n) is 5.04. The molecule has 0 radical (unpaired) electrons. The summed E-state index contributed by atoms with van der Waals surface area (Å²) in [6.07, 6.45) is 5.56. The third-order valence-electron chi connectivity index (χ3n) is 2.47. The number of ether oxygens (including phenoxy) is 1. The standard InChI is InChI=1S/C13H15NO2/c1-3-10-4-6-11(7-5-10)12(9-14)8-13(15)16-2/h1,4-7,12H,8-9,14H2,2H3. The second-order valence-electron chi connectivity index (χ2n) is 3.48. The van der Waals surface area contributed by atoms with E-state index in [9.17, 15) is 4.79 Å². The summed E-state index contributed by atoms with van der Waals surface area (Å²) in [5.74, 6) is 2.27. The van der Waals surface area contributed by atoms with Crippen molar-refractivity contribution >= 4 is 5.97 Å². The van der Waals surface area contributed by atoms with Crippen molar-refractivity contribution in [1.29, 1.82) is 0 Å². The van der Waals surface area contributed by atoms with E-state index in [0.717, 1.165) is 11.1 Å². The lowest BCUT2D eigenvalue weighted by molar-refractivity contribution is -0.141. The van der Waals surface area contributed by atoms with Gasteiger partial charge in [0, 0.05) is 11.5 Å². The molecule has 1 atom stereocenters. The molecule has 0 saturated carbocycles. The lowest BCUT2D eigenvalue weighted by atomic mass is 9.95. The van der Waals surface area contributed by atoms with Crippen molar-refractivity contribution < 1.29 is 9.53 Å². The molecule has 84 valence electrons. The predicted octanol–water partition coefficient (Wildman–Crippen LogP) is 1.27. The van der Waals surface area contributed by atoms with Gasteiger partial charge in [0.25, 0.3) is 0 Å². The van der Waals surface area contributed by atoms with Crippen LogP contribution in [0.2, 0.25) is 0 Å². The maximum absolute atomic E-state index is 11.2. The van der Waals surface area contributed by atoms with Gasteiger partial charge in [-0.1, -0.05) is 18.1 Å². The molecular weight excluding hydrogens is 202 g/mol. The molecule has 0 aliphatic heterocycles. The number of rotatable bonds is 4. The minimum Gasteiger partial charge on any atom is -0.469 e. The molecule has 3 heteroatoms. The van der Waals surface area contributed by atoms with Gasteiger partial charge in [-0.05, 0) is 24.2 Å². The molecule has 16 heavy (non-hydrogen) atoms. The van der Waals surface area contributed by atoms with Gasteiger partial charge < -0.3 is 10.5 Å². The van der Waals surface area contributed by atoms with Gasteiger partial charge in [0.15, 0.2) is 0 Å². The molecule has 0 fully saturated rings. The van der Waals surface area contributed by atoms with Gasteiger partial charge >= 0.3 is 5.97 Å². The van der Waals surface area contributed by atoms with Crippen LogP contribution in [0.25, 0.3) is 0 Å². The van der Waals surface area contributed by atoms with Crippen LogP contribution in [-0.4, -0.2) is 19.6 Å². The van der Waals surface area contributed by atoms with Crippen LogP contribution in [0.15, 0.2) is 24.3 Å². The fraction of sp³-hybridized carbons (Fsp3) is 0.308. The first kappa shape index (κ1) is 12.3. The van der Waals surface area contributed by atoms with Gasteiger partial charge in [-0.3, -0.25) is 4.79 Å². The number of carbonyl (C=O) groups is 1. The Morgan fingerprint density at radius 2 is 2.12 bits per heavy atom. The lowest BCUT2D eigenvalue weighted by Gasteiger charge is -2.13. The largest absolute Gasteiger partial charge is 0.469 e. The van der Waals surface area contributed by atoms with Gasteiger partial charge in [-0.15, -0.1) is 6.42 Å². The highest BCUT2D eigenvalue weighted by Crippen LogP contribution is 2.19. The van der Waals surface area contributed by atoms with Crippen molar-refractivity contribution in [2.24, 2.45) is 5.73 Å². The van der Waals surface area contributed by atoms with Gasteiger partial charge in [0.2, 0.25) is 0 Å². The van der Waals surface area contributed by atoms with E-state index in [0.29, 0.717) is 13.0 Å². The molecule has 0 bridgehead atoms. The third-order valence-corrected chi connectivity index (χ3v) is 2.47. The molecule has 1 rings (SSSR count). The van der Waals surface area contributed by atoms with Crippen molar-refractivity contribution in [1.82, 2.24) is 0 Å². The van der Waals surface area contributed by atoms with Crippen LogP contribution in [0.5, 0.6) is 0 Å². The Balaban J connectivity index is 2.79. The number of methoxy groups -OCH3 is 1. The fourth-order valence-electron chi connectivity index (χ4n) is 1.47. The average Bonchev–Trinajstić information content (AvgIpc) is 2.35. The van der Waals surface area contributed by atoms with E-state index in [1.165, 1.54) is 7.11 Å². The van der Waals surface area contributed by atoms with E-state index in [1.807, 2.05) is 24.3 Å². The predicted molar refractivity (Wildman–Crippen MR) is 62.8 cm³/mol. The molecule has 1 aromatic rings. The molecule has 0 aliphatic carbocycles. The average molecular weight is 217 g/mol. The summed E-state index contributed by atoms with van der Waals surface area (Å²) in [5.41, 5.74) is 7.45. The second kappa shape index (κ2) is 5.94. The van der Waals surface area contributed by atoms with Gasteiger partial charge in [0.05, 0.1) is 13.5 Å². The quantitative estimate of drug-likeness (QED) is 0.610. The van der Waals surface area contributed by atoms with Crippen LogP contribution in [0.4, 0.5) is 0 Å². The highest BCUT2D eigenvalue weighted by Gasteiger charge is 2.14. The van der Waals surface area contributed by atoms with Crippen molar-refractivity contribution in [3.63, 3.8) is 0 Å². The van der Waals surface area contributed by atoms with Crippen molar-refractivity contribution in [2.45, 2.75) is 12.3 Å². The lowest BCUT2D eigenvalue weighted by Crippen LogP contribution is -2.17. The Morgan fingerprint density at radius 1 is 1.50 bits per heavy atom. The molecule has 0 saturated heterocycles. The van der Waals surface area contributed by atoms with Crippen molar-refractivity contribution in [3.05, 3.63) is 35.4 Å². The second-order valence-corrected chi connectivity index (χ2v) is 3.48. The zero-order valence-electron chi connectivity index (χ0n) is 9.27. The number of nitrogens with two attached hydrogens (primary N) is 1. The minimum absolute atomic E-state index is 0.0146. The first-order valence-corrected chi connectivity index (χ1v) is 5.04. The molecule has 3 nitrogen and oxygen atoms in total. The van der Waals surface area contributed by atoms with E-state index in [2.05, 4.69) is 10.7 Å². The number of hydrogen-bond acceptors (Lipinski definition) is 3. The molecule has 0 heterocycles. The van der Waals surface area contributed by atoms with Crippen LogP contribution in [-0.2, 0) is 9.53 Å². The van der Waals surface area contributed by atoms with Crippen molar-refractivity contribution in [3.8, 4) is 12.3 Å². The van der Waals surface area contributed by atoms with Crippen LogP contribution in [0.3, 0.4) is 0 Å². The molecule has 2 N–H and O–H groups in total. The van der Waals surface area contributed by atoms with Gasteiger partial charge in [-0.25, -0.2) is 0 Å². The number of hydrogen-bond donors (Lipinski definition) is 1. The van der Waals surface area contributed by atoms with Crippen LogP contribution in [0.1, 0.15) is 23.5 Å². The third kappa shape index (κ3) is 3.11. The molecule has 1 unspecified atom stereocenters. The zero-order chi connectivity index (χ0) is 12.0. The summed E-state index contributed by atoms with van der Waals surface area (Å²) in [4.78, 5) is 11.2. The Kier molecular flexibility index (Phi) is 4.56. The van der Waals surface area contributed by atoms with E-state index in [4.69, 9.17) is 12.2 Å². The summed E-state index contributed by atoms with van der Waals surface area (Å²) < 4.78 is 4.62. The SMILES string of the molecule is C#Cc1ccc(C(CN)CC(=O)OC)cc1. The monoisotopic (exact) mass is 217 g/mol. The van der Waals surface area contributed by atoms with E-state index < -0.39 is 0 Å². The summed E-state index contributed by atoms with van der Waals surface area (Å²) >= 11 is 0. The maximum atomic E-state index is 11.2. The van der Waals surface area contributed by atoms with Gasteiger partial charge in [0.1, 0.15) is 0 Å². The van der Waals surface area contributed by atoms with Gasteiger partial charge in [-0.2, -0.15) is 0 Å². The first-order chi connectivity index (χ1) is 7.71. The maximum Gasteiger partial charge on any atom is 0.306 e. The number of carbonyl (C=O) groups excluding carboxylic acids is 1. The van der Waals surface area contributed by atoms with Crippen molar-refractivity contribution in [2.75, 3.05) is 13.7 Å².